The first-order valence-electron chi connectivity index (χ1n) is 7.04. The molecule has 0 aromatic heterocycles. The summed E-state index contributed by atoms with van der Waals surface area (Å²) in [5.74, 6) is 0.336. The quantitative estimate of drug-likeness (QED) is 0.858. The van der Waals surface area contributed by atoms with E-state index in [4.69, 9.17) is 4.74 Å². The van der Waals surface area contributed by atoms with E-state index in [1.165, 1.54) is 0 Å². The minimum Gasteiger partial charge on any atom is -0.444 e. The van der Waals surface area contributed by atoms with Crippen molar-refractivity contribution >= 4 is 6.09 Å². The van der Waals surface area contributed by atoms with Crippen molar-refractivity contribution in [3.05, 3.63) is 0 Å². The number of amides is 1. The Labute approximate surface area is 114 Å². The molecule has 1 rings (SSSR count). The van der Waals surface area contributed by atoms with E-state index in [0.29, 0.717) is 18.9 Å². The van der Waals surface area contributed by atoms with Crippen LogP contribution in [-0.2, 0) is 4.74 Å². The van der Waals surface area contributed by atoms with Crippen molar-refractivity contribution < 1.29 is 19.0 Å². The predicted octanol–water partition coefficient (Wildman–Crippen LogP) is 2.74. The van der Waals surface area contributed by atoms with E-state index in [9.17, 15) is 14.3 Å². The van der Waals surface area contributed by atoms with Crippen molar-refractivity contribution in [1.82, 2.24) is 4.90 Å². The fourth-order valence-corrected chi connectivity index (χ4v) is 2.30. The minimum atomic E-state index is -0.864. The second kappa shape index (κ2) is 7.08. The summed E-state index contributed by atoms with van der Waals surface area (Å²) in [6.07, 6.45) is 2.04. The standard InChI is InChI=1S/C14H26FNO3/c1-14(2,3)19-13(18)16-8-4-5-11(10-16)6-7-12(17)9-15/h11-12,17H,4-10H2,1-3H3. The molecule has 2 atom stereocenters. The van der Waals surface area contributed by atoms with Crippen LogP contribution in [0.5, 0.6) is 0 Å². The Hall–Kier alpha value is -0.840. The minimum absolute atomic E-state index is 0.275. The zero-order valence-electron chi connectivity index (χ0n) is 12.2. The fraction of sp³-hybridized carbons (Fsp3) is 0.929. The molecule has 112 valence electrons. The van der Waals surface area contributed by atoms with E-state index in [1.54, 1.807) is 4.90 Å². The monoisotopic (exact) mass is 275 g/mol. The summed E-state index contributed by atoms with van der Waals surface area (Å²) in [6, 6.07) is 0. The average Bonchev–Trinajstić information content (AvgIpc) is 2.34. The summed E-state index contributed by atoms with van der Waals surface area (Å²) in [5.41, 5.74) is -0.478. The van der Waals surface area contributed by atoms with Gasteiger partial charge in [-0.2, -0.15) is 0 Å². The van der Waals surface area contributed by atoms with E-state index in [0.717, 1.165) is 25.8 Å². The van der Waals surface area contributed by atoms with E-state index < -0.39 is 18.4 Å². The summed E-state index contributed by atoms with van der Waals surface area (Å²) >= 11 is 0. The van der Waals surface area contributed by atoms with E-state index >= 15 is 0 Å². The van der Waals surface area contributed by atoms with Crippen molar-refractivity contribution in [2.24, 2.45) is 5.92 Å². The van der Waals surface area contributed by atoms with Crippen molar-refractivity contribution in [2.45, 2.75) is 58.2 Å². The number of aliphatic hydroxyl groups is 1. The van der Waals surface area contributed by atoms with Gasteiger partial charge in [-0.05, 0) is 52.4 Å². The number of piperidine rings is 1. The SMILES string of the molecule is CC(C)(C)OC(=O)N1CCCC(CCC(O)CF)C1. The first-order chi connectivity index (χ1) is 8.81. The molecule has 1 amide bonds. The van der Waals surface area contributed by atoms with Gasteiger partial charge in [0.05, 0.1) is 6.10 Å². The molecule has 0 aromatic carbocycles. The Bertz CT molecular complexity index is 291. The molecule has 2 unspecified atom stereocenters. The Morgan fingerprint density at radius 1 is 1.53 bits per heavy atom. The highest BCUT2D eigenvalue weighted by molar-refractivity contribution is 5.68. The summed E-state index contributed by atoms with van der Waals surface area (Å²) in [6.45, 7) is 6.23. The van der Waals surface area contributed by atoms with Crippen molar-refractivity contribution in [2.75, 3.05) is 19.8 Å². The first-order valence-corrected chi connectivity index (χ1v) is 7.04. The van der Waals surface area contributed by atoms with E-state index in [1.807, 2.05) is 20.8 Å². The van der Waals surface area contributed by atoms with Crippen LogP contribution in [0, 0.1) is 5.92 Å². The third-order valence-electron chi connectivity index (χ3n) is 3.26. The number of nitrogens with zero attached hydrogens (tertiary/aromatic N) is 1. The van der Waals surface area contributed by atoms with Crippen LogP contribution >= 0.6 is 0 Å². The van der Waals surface area contributed by atoms with Crippen LogP contribution in [0.25, 0.3) is 0 Å². The number of alkyl halides is 1. The van der Waals surface area contributed by atoms with Crippen molar-refractivity contribution in [3.8, 4) is 0 Å². The number of likely N-dealkylation sites (tertiary alicyclic amines) is 1. The molecule has 0 spiro atoms. The topological polar surface area (TPSA) is 49.8 Å². The number of halogens is 1. The number of hydrogen-bond acceptors (Lipinski definition) is 3. The van der Waals surface area contributed by atoms with Gasteiger partial charge in [-0.3, -0.25) is 0 Å². The summed E-state index contributed by atoms with van der Waals surface area (Å²) in [4.78, 5) is 13.7. The lowest BCUT2D eigenvalue weighted by Gasteiger charge is -2.34. The van der Waals surface area contributed by atoms with Gasteiger partial charge in [0.25, 0.3) is 0 Å². The molecule has 0 radical (unpaired) electrons. The maximum absolute atomic E-state index is 12.2. The van der Waals surface area contributed by atoms with Crippen LogP contribution in [0.2, 0.25) is 0 Å². The molecule has 1 heterocycles. The van der Waals surface area contributed by atoms with E-state index in [2.05, 4.69) is 0 Å². The Kier molecular flexibility index (Phi) is 6.04. The molecule has 0 saturated carbocycles. The number of hydrogen-bond donors (Lipinski definition) is 1. The first kappa shape index (κ1) is 16.2. The second-order valence-corrected chi connectivity index (χ2v) is 6.32. The fourth-order valence-electron chi connectivity index (χ4n) is 2.30. The summed E-state index contributed by atoms with van der Waals surface area (Å²) in [7, 11) is 0. The maximum Gasteiger partial charge on any atom is 0.410 e. The number of rotatable bonds is 4. The molecule has 5 heteroatoms. The van der Waals surface area contributed by atoms with Crippen molar-refractivity contribution in [1.29, 1.82) is 0 Å². The zero-order chi connectivity index (χ0) is 14.5. The molecule has 1 saturated heterocycles. The molecule has 19 heavy (non-hydrogen) atoms. The Balaban J connectivity index is 2.39. The lowest BCUT2D eigenvalue weighted by molar-refractivity contribution is 0.0152. The van der Waals surface area contributed by atoms with Crippen LogP contribution in [0.4, 0.5) is 9.18 Å². The molecular formula is C14H26FNO3. The van der Waals surface area contributed by atoms with Gasteiger partial charge in [0.1, 0.15) is 12.3 Å². The zero-order valence-corrected chi connectivity index (χ0v) is 12.2. The molecule has 1 N–H and O–H groups in total. The number of aliphatic hydroxyl groups excluding tert-OH is 1. The lowest BCUT2D eigenvalue weighted by atomic mass is 9.92. The normalized spacial score (nSPS) is 22.2. The van der Waals surface area contributed by atoms with Gasteiger partial charge in [0.15, 0.2) is 0 Å². The van der Waals surface area contributed by atoms with Crippen LogP contribution in [0.15, 0.2) is 0 Å². The van der Waals surface area contributed by atoms with Gasteiger partial charge in [-0.1, -0.05) is 0 Å². The molecular weight excluding hydrogens is 249 g/mol. The highest BCUT2D eigenvalue weighted by Crippen LogP contribution is 2.23. The van der Waals surface area contributed by atoms with Crippen LogP contribution in [0.3, 0.4) is 0 Å². The molecule has 4 nitrogen and oxygen atoms in total. The third-order valence-corrected chi connectivity index (χ3v) is 3.26. The smallest absolute Gasteiger partial charge is 0.410 e. The number of ether oxygens (including phenoxy) is 1. The number of carbonyl (C=O) groups is 1. The maximum atomic E-state index is 12.2. The predicted molar refractivity (Wildman–Crippen MR) is 71.7 cm³/mol. The molecule has 0 aliphatic carbocycles. The van der Waals surface area contributed by atoms with Gasteiger partial charge in [0, 0.05) is 13.1 Å². The largest absolute Gasteiger partial charge is 0.444 e. The summed E-state index contributed by atoms with van der Waals surface area (Å²) < 4.78 is 17.5. The summed E-state index contributed by atoms with van der Waals surface area (Å²) in [5, 5.41) is 9.24. The third kappa shape index (κ3) is 6.23. The van der Waals surface area contributed by atoms with Gasteiger partial charge in [0.2, 0.25) is 0 Å². The van der Waals surface area contributed by atoms with Gasteiger partial charge in [-0.25, -0.2) is 9.18 Å². The molecule has 0 bridgehead atoms. The van der Waals surface area contributed by atoms with E-state index in [-0.39, 0.29) is 6.09 Å². The number of carbonyl (C=O) groups excluding carboxylic acids is 1. The molecule has 0 aromatic rings. The second-order valence-electron chi connectivity index (χ2n) is 6.32. The lowest BCUT2D eigenvalue weighted by Crippen LogP contribution is -2.43. The van der Waals surface area contributed by atoms with Gasteiger partial charge < -0.3 is 14.7 Å². The Morgan fingerprint density at radius 3 is 2.79 bits per heavy atom. The van der Waals surface area contributed by atoms with Crippen LogP contribution in [-0.4, -0.2) is 47.6 Å². The molecule has 1 aliphatic heterocycles. The van der Waals surface area contributed by atoms with Gasteiger partial charge in [-0.15, -0.1) is 0 Å². The van der Waals surface area contributed by atoms with Gasteiger partial charge >= 0.3 is 6.09 Å². The highest BCUT2D eigenvalue weighted by Gasteiger charge is 2.27. The highest BCUT2D eigenvalue weighted by atomic mass is 19.1. The van der Waals surface area contributed by atoms with Crippen LogP contribution in [0.1, 0.15) is 46.5 Å². The molecule has 1 fully saturated rings. The molecule has 1 aliphatic rings. The van der Waals surface area contributed by atoms with Crippen molar-refractivity contribution in [3.63, 3.8) is 0 Å². The Morgan fingerprint density at radius 2 is 2.21 bits per heavy atom. The average molecular weight is 275 g/mol. The van der Waals surface area contributed by atoms with Crippen LogP contribution < -0.4 is 0 Å².